The number of rotatable bonds is 7. The quantitative estimate of drug-likeness (QED) is 0.583. The minimum atomic E-state index is -4.12. The molecule has 0 aromatic carbocycles. The second kappa shape index (κ2) is 7.10. The highest BCUT2D eigenvalue weighted by Gasteiger charge is 2.35. The van der Waals surface area contributed by atoms with Crippen molar-refractivity contribution >= 4 is 0 Å². The highest BCUT2D eigenvalue weighted by Crippen LogP contribution is 2.25. The fraction of sp³-hybridized carbons (Fsp3) is 1.00. The van der Waals surface area contributed by atoms with E-state index in [0.29, 0.717) is 6.61 Å². The fourth-order valence-electron chi connectivity index (χ4n) is 0.986. The Hall–Kier alpha value is -0.250. The molecule has 86 valence electrons. The van der Waals surface area contributed by atoms with Gasteiger partial charge in [-0.25, -0.2) is 0 Å². The van der Waals surface area contributed by atoms with Crippen molar-refractivity contribution in [2.45, 2.75) is 45.7 Å². The molecule has 0 amide bonds. The van der Waals surface area contributed by atoms with Crippen molar-refractivity contribution in [2.75, 3.05) is 13.2 Å². The van der Waals surface area contributed by atoms with Crippen LogP contribution in [0.4, 0.5) is 13.2 Å². The summed E-state index contributed by atoms with van der Waals surface area (Å²) in [5.74, 6) is -1.35. The van der Waals surface area contributed by atoms with Crippen LogP contribution >= 0.6 is 0 Å². The van der Waals surface area contributed by atoms with Gasteiger partial charge in [0.25, 0.3) is 0 Å². The maximum Gasteiger partial charge on any atom is 0.393 e. The van der Waals surface area contributed by atoms with Crippen molar-refractivity contribution in [1.29, 1.82) is 0 Å². The van der Waals surface area contributed by atoms with Gasteiger partial charge in [-0.05, 0) is 6.42 Å². The van der Waals surface area contributed by atoms with Crippen LogP contribution < -0.4 is 0 Å². The number of hydrogen-bond donors (Lipinski definition) is 0. The topological polar surface area (TPSA) is 9.23 Å². The van der Waals surface area contributed by atoms with E-state index in [-0.39, 0.29) is 6.61 Å². The molecule has 1 unspecified atom stereocenters. The molecular weight excluding hydrogens is 193 g/mol. The Morgan fingerprint density at radius 3 is 2.29 bits per heavy atom. The second-order valence-electron chi connectivity index (χ2n) is 3.58. The molecule has 0 heterocycles. The first-order chi connectivity index (χ1) is 6.48. The Balaban J connectivity index is 3.28. The molecule has 0 N–H and O–H groups in total. The maximum absolute atomic E-state index is 12.0. The summed E-state index contributed by atoms with van der Waals surface area (Å²) in [6.07, 6.45) is 0.0237. The Bertz CT molecular complexity index is 134. The third kappa shape index (κ3) is 7.18. The molecule has 0 aliphatic carbocycles. The van der Waals surface area contributed by atoms with Crippen LogP contribution in [0.5, 0.6) is 0 Å². The zero-order chi connectivity index (χ0) is 11.0. The molecule has 1 nitrogen and oxygen atoms in total. The van der Waals surface area contributed by atoms with Gasteiger partial charge in [0.1, 0.15) is 0 Å². The molecular formula is C10H19F3O. The molecule has 0 bridgehead atoms. The molecule has 0 saturated carbocycles. The highest BCUT2D eigenvalue weighted by molar-refractivity contribution is 4.60. The summed E-state index contributed by atoms with van der Waals surface area (Å²) in [4.78, 5) is 0. The summed E-state index contributed by atoms with van der Waals surface area (Å²) in [6.45, 7) is 3.47. The molecule has 0 aromatic heterocycles. The van der Waals surface area contributed by atoms with Crippen molar-refractivity contribution in [3.8, 4) is 0 Å². The first kappa shape index (κ1) is 13.8. The third-order valence-electron chi connectivity index (χ3n) is 2.07. The number of unbranched alkanes of at least 4 members (excludes halogenated alkanes) is 3. The summed E-state index contributed by atoms with van der Waals surface area (Å²) >= 11 is 0. The molecule has 0 aromatic rings. The first-order valence-corrected chi connectivity index (χ1v) is 5.13. The van der Waals surface area contributed by atoms with Crippen LogP contribution in [0.3, 0.4) is 0 Å². The van der Waals surface area contributed by atoms with Gasteiger partial charge < -0.3 is 4.74 Å². The third-order valence-corrected chi connectivity index (χ3v) is 2.07. The molecule has 4 heteroatoms. The van der Waals surface area contributed by atoms with Crippen molar-refractivity contribution in [1.82, 2.24) is 0 Å². The average Bonchev–Trinajstić information content (AvgIpc) is 2.09. The van der Waals surface area contributed by atoms with Crippen LogP contribution in [0.2, 0.25) is 0 Å². The number of ether oxygens (including phenoxy) is 1. The minimum Gasteiger partial charge on any atom is -0.381 e. The van der Waals surface area contributed by atoms with Gasteiger partial charge in [-0.2, -0.15) is 13.2 Å². The van der Waals surface area contributed by atoms with Gasteiger partial charge in [0.05, 0.1) is 12.5 Å². The molecule has 0 fully saturated rings. The summed E-state index contributed by atoms with van der Waals surface area (Å²) in [5, 5.41) is 0. The Morgan fingerprint density at radius 2 is 1.79 bits per heavy atom. The summed E-state index contributed by atoms with van der Waals surface area (Å²) in [5.41, 5.74) is 0. The van der Waals surface area contributed by atoms with E-state index in [1.165, 1.54) is 0 Å². The molecule has 0 saturated heterocycles. The lowest BCUT2D eigenvalue weighted by atomic mass is 10.2. The van der Waals surface area contributed by atoms with Crippen LogP contribution in [-0.4, -0.2) is 19.4 Å². The molecule has 0 spiro atoms. The number of halogens is 3. The van der Waals surface area contributed by atoms with Gasteiger partial charge in [-0.3, -0.25) is 0 Å². The Morgan fingerprint density at radius 1 is 1.14 bits per heavy atom. The predicted octanol–water partition coefficient (Wildman–Crippen LogP) is 3.78. The Labute approximate surface area is 83.6 Å². The monoisotopic (exact) mass is 212 g/mol. The summed E-state index contributed by atoms with van der Waals surface area (Å²) < 4.78 is 40.9. The molecule has 0 aliphatic heterocycles. The largest absolute Gasteiger partial charge is 0.393 e. The van der Waals surface area contributed by atoms with Crippen LogP contribution in [0.15, 0.2) is 0 Å². The lowest BCUT2D eigenvalue weighted by Crippen LogP contribution is -2.24. The molecule has 0 radical (unpaired) electrons. The van der Waals surface area contributed by atoms with Gasteiger partial charge in [0, 0.05) is 6.61 Å². The molecule has 0 rings (SSSR count). The zero-order valence-electron chi connectivity index (χ0n) is 8.86. The van der Waals surface area contributed by atoms with Crippen LogP contribution in [0.1, 0.15) is 39.5 Å². The van der Waals surface area contributed by atoms with E-state index in [4.69, 9.17) is 4.74 Å². The first-order valence-electron chi connectivity index (χ1n) is 5.13. The van der Waals surface area contributed by atoms with Gasteiger partial charge in [0.15, 0.2) is 0 Å². The van der Waals surface area contributed by atoms with E-state index in [9.17, 15) is 13.2 Å². The van der Waals surface area contributed by atoms with E-state index in [2.05, 4.69) is 6.92 Å². The number of hydrogen-bond acceptors (Lipinski definition) is 1. The minimum absolute atomic E-state index is 0.213. The lowest BCUT2D eigenvalue weighted by molar-refractivity contribution is -0.182. The number of alkyl halides is 3. The van der Waals surface area contributed by atoms with Crippen molar-refractivity contribution < 1.29 is 17.9 Å². The normalized spacial score (nSPS) is 14.4. The van der Waals surface area contributed by atoms with Crippen LogP contribution in [0.25, 0.3) is 0 Å². The average molecular weight is 212 g/mol. The maximum atomic E-state index is 12.0. The van der Waals surface area contributed by atoms with Crippen LogP contribution in [0, 0.1) is 5.92 Å². The molecule has 1 atom stereocenters. The Kier molecular flexibility index (Phi) is 6.97. The van der Waals surface area contributed by atoms with Crippen molar-refractivity contribution in [3.63, 3.8) is 0 Å². The van der Waals surface area contributed by atoms with Gasteiger partial charge >= 0.3 is 6.18 Å². The van der Waals surface area contributed by atoms with E-state index < -0.39 is 12.1 Å². The smallest absolute Gasteiger partial charge is 0.381 e. The van der Waals surface area contributed by atoms with Crippen molar-refractivity contribution in [2.24, 2.45) is 5.92 Å². The van der Waals surface area contributed by atoms with E-state index >= 15 is 0 Å². The summed E-state index contributed by atoms with van der Waals surface area (Å²) in [7, 11) is 0. The van der Waals surface area contributed by atoms with Crippen LogP contribution in [-0.2, 0) is 4.74 Å². The summed E-state index contributed by atoms with van der Waals surface area (Å²) in [6, 6.07) is 0. The molecule has 14 heavy (non-hydrogen) atoms. The standard InChI is InChI=1S/C10H19F3O/c1-3-4-5-6-7-14-8-9(2)10(11,12)13/h9H,3-8H2,1-2H3. The highest BCUT2D eigenvalue weighted by atomic mass is 19.4. The zero-order valence-corrected chi connectivity index (χ0v) is 8.86. The van der Waals surface area contributed by atoms with E-state index in [1.807, 2.05) is 0 Å². The van der Waals surface area contributed by atoms with Gasteiger partial charge in [-0.15, -0.1) is 0 Å². The molecule has 0 aliphatic rings. The second-order valence-corrected chi connectivity index (χ2v) is 3.58. The van der Waals surface area contributed by atoms with E-state index in [0.717, 1.165) is 32.6 Å². The van der Waals surface area contributed by atoms with Gasteiger partial charge in [0.2, 0.25) is 0 Å². The lowest BCUT2D eigenvalue weighted by Gasteiger charge is -2.15. The van der Waals surface area contributed by atoms with E-state index in [1.54, 1.807) is 0 Å². The predicted molar refractivity (Wildman–Crippen MR) is 50.2 cm³/mol. The van der Waals surface area contributed by atoms with Gasteiger partial charge in [-0.1, -0.05) is 33.1 Å². The SMILES string of the molecule is CCCCCCOCC(C)C(F)(F)F. The van der Waals surface area contributed by atoms with Crippen molar-refractivity contribution in [3.05, 3.63) is 0 Å². The fourth-order valence-corrected chi connectivity index (χ4v) is 0.986.